The second kappa shape index (κ2) is 6.42. The molecule has 0 aliphatic rings. The summed E-state index contributed by atoms with van der Waals surface area (Å²) in [6.07, 6.45) is -4.16. The maximum absolute atomic E-state index is 12.2. The number of hydrogen-bond acceptors (Lipinski definition) is 3. The van der Waals surface area contributed by atoms with Crippen LogP contribution in [0.2, 0.25) is 0 Å². The zero-order valence-corrected chi connectivity index (χ0v) is 10.3. The van der Waals surface area contributed by atoms with Crippen molar-refractivity contribution in [3.63, 3.8) is 0 Å². The van der Waals surface area contributed by atoms with Crippen molar-refractivity contribution in [1.82, 2.24) is 0 Å². The summed E-state index contributed by atoms with van der Waals surface area (Å²) in [5.41, 5.74) is 5.56. The Hall–Kier alpha value is -1.76. The smallest absolute Gasteiger partial charge is 0.404 e. The molecule has 0 radical (unpaired) electrons. The molecule has 19 heavy (non-hydrogen) atoms. The topological polar surface area (TPSA) is 64.4 Å². The number of carbonyl (C=O) groups is 1. The van der Waals surface area contributed by atoms with Crippen molar-refractivity contribution in [3.05, 3.63) is 24.3 Å². The molecular weight excluding hydrogens is 261 g/mol. The molecule has 1 amide bonds. The van der Waals surface area contributed by atoms with E-state index in [0.717, 1.165) is 6.07 Å². The van der Waals surface area contributed by atoms with Gasteiger partial charge in [0.05, 0.1) is 5.69 Å². The van der Waals surface area contributed by atoms with Crippen LogP contribution in [0.25, 0.3) is 0 Å². The van der Waals surface area contributed by atoms with Gasteiger partial charge in [0.1, 0.15) is 0 Å². The van der Waals surface area contributed by atoms with Crippen molar-refractivity contribution < 1.29 is 22.7 Å². The van der Waals surface area contributed by atoms with Crippen molar-refractivity contribution in [3.8, 4) is 5.75 Å². The molecule has 4 nitrogen and oxygen atoms in total. The molecular formula is C12H15F3N2O2. The van der Waals surface area contributed by atoms with Crippen molar-refractivity contribution in [2.75, 3.05) is 5.32 Å². The lowest BCUT2D eigenvalue weighted by molar-refractivity contribution is -0.274. The number of halogens is 3. The first kappa shape index (κ1) is 15.3. The lowest BCUT2D eigenvalue weighted by atomic mass is 10.1. The second-order valence-corrected chi connectivity index (χ2v) is 3.96. The molecule has 0 saturated carbocycles. The van der Waals surface area contributed by atoms with Gasteiger partial charge in [0.15, 0.2) is 5.75 Å². The van der Waals surface area contributed by atoms with Crippen LogP contribution in [0.1, 0.15) is 19.8 Å². The summed E-state index contributed by atoms with van der Waals surface area (Å²) in [5.74, 6) is -0.902. The first-order chi connectivity index (χ1) is 8.81. The summed E-state index contributed by atoms with van der Waals surface area (Å²) in [6.45, 7) is 1.82. The zero-order chi connectivity index (χ0) is 14.5. The minimum atomic E-state index is -4.80. The fourth-order valence-corrected chi connectivity index (χ4v) is 1.37. The van der Waals surface area contributed by atoms with E-state index in [1.54, 1.807) is 0 Å². The molecule has 0 saturated heterocycles. The first-order valence-corrected chi connectivity index (χ1v) is 5.72. The number of nitrogens with one attached hydrogen (secondary N) is 1. The predicted octanol–water partition coefficient (Wildman–Crippen LogP) is 2.65. The fourth-order valence-electron chi connectivity index (χ4n) is 1.37. The molecule has 1 atom stereocenters. The minimum absolute atomic E-state index is 0.0341. The van der Waals surface area contributed by atoms with Crippen LogP contribution >= 0.6 is 0 Å². The molecule has 0 bridgehead atoms. The number of anilines is 1. The van der Waals surface area contributed by atoms with Gasteiger partial charge in [-0.2, -0.15) is 0 Å². The van der Waals surface area contributed by atoms with E-state index in [4.69, 9.17) is 5.73 Å². The Labute approximate surface area is 108 Å². The van der Waals surface area contributed by atoms with Gasteiger partial charge in [0, 0.05) is 12.5 Å². The van der Waals surface area contributed by atoms with Crippen molar-refractivity contribution in [1.29, 1.82) is 0 Å². The van der Waals surface area contributed by atoms with Crippen molar-refractivity contribution >= 4 is 11.6 Å². The third-order valence-electron chi connectivity index (χ3n) is 2.36. The van der Waals surface area contributed by atoms with E-state index < -0.39 is 18.0 Å². The molecule has 106 valence electrons. The predicted molar refractivity (Wildman–Crippen MR) is 64.6 cm³/mol. The zero-order valence-electron chi connectivity index (χ0n) is 10.3. The molecule has 1 rings (SSSR count). The molecule has 0 aliphatic carbocycles. The van der Waals surface area contributed by atoms with E-state index in [1.165, 1.54) is 18.2 Å². The normalized spacial score (nSPS) is 12.9. The summed E-state index contributed by atoms with van der Waals surface area (Å²) in [7, 11) is 0. The number of amides is 1. The summed E-state index contributed by atoms with van der Waals surface area (Å²) in [6, 6.07) is 5.02. The standard InChI is InChI=1S/C12H15F3N2O2/c1-2-8(16)7-11(18)17-9-5-3-4-6-10(9)19-12(13,14)15/h3-6,8H,2,7,16H2,1H3,(H,17,18). The maximum atomic E-state index is 12.2. The summed E-state index contributed by atoms with van der Waals surface area (Å²) in [5, 5.41) is 2.35. The lowest BCUT2D eigenvalue weighted by Gasteiger charge is -2.14. The summed E-state index contributed by atoms with van der Waals surface area (Å²) < 4.78 is 40.3. The number of rotatable bonds is 5. The Balaban J connectivity index is 2.75. The molecule has 0 spiro atoms. The van der Waals surface area contributed by atoms with Gasteiger partial charge in [0.2, 0.25) is 5.91 Å². The molecule has 1 aromatic rings. The molecule has 0 fully saturated rings. The third kappa shape index (κ3) is 5.60. The van der Waals surface area contributed by atoms with Gasteiger partial charge in [-0.25, -0.2) is 0 Å². The van der Waals surface area contributed by atoms with Crippen LogP contribution in [-0.2, 0) is 4.79 Å². The van der Waals surface area contributed by atoms with Crippen LogP contribution in [0.4, 0.5) is 18.9 Å². The number of hydrogen-bond donors (Lipinski definition) is 2. The number of benzene rings is 1. The molecule has 0 aliphatic heterocycles. The Morgan fingerprint density at radius 2 is 2.05 bits per heavy atom. The second-order valence-electron chi connectivity index (χ2n) is 3.96. The van der Waals surface area contributed by atoms with Gasteiger partial charge in [-0.3, -0.25) is 4.79 Å². The van der Waals surface area contributed by atoms with Gasteiger partial charge < -0.3 is 15.8 Å². The fraction of sp³-hybridized carbons (Fsp3) is 0.417. The highest BCUT2D eigenvalue weighted by Crippen LogP contribution is 2.29. The maximum Gasteiger partial charge on any atom is 0.573 e. The summed E-state index contributed by atoms with van der Waals surface area (Å²) in [4.78, 5) is 11.6. The monoisotopic (exact) mass is 276 g/mol. The molecule has 3 N–H and O–H groups in total. The number of carbonyl (C=O) groups excluding carboxylic acids is 1. The number of para-hydroxylation sites is 2. The van der Waals surface area contributed by atoms with Crippen molar-refractivity contribution in [2.24, 2.45) is 5.73 Å². The van der Waals surface area contributed by atoms with Gasteiger partial charge in [-0.05, 0) is 18.6 Å². The average Bonchev–Trinajstić information content (AvgIpc) is 2.29. The largest absolute Gasteiger partial charge is 0.573 e. The highest BCUT2D eigenvalue weighted by molar-refractivity contribution is 5.92. The Kier molecular flexibility index (Phi) is 5.17. The van der Waals surface area contributed by atoms with E-state index in [2.05, 4.69) is 10.1 Å². The van der Waals surface area contributed by atoms with E-state index in [1.807, 2.05) is 6.92 Å². The van der Waals surface area contributed by atoms with Gasteiger partial charge in [0.25, 0.3) is 0 Å². The number of nitrogens with two attached hydrogens (primary N) is 1. The van der Waals surface area contributed by atoms with Crippen molar-refractivity contribution in [2.45, 2.75) is 32.2 Å². The van der Waals surface area contributed by atoms with Gasteiger partial charge in [-0.15, -0.1) is 13.2 Å². The first-order valence-electron chi connectivity index (χ1n) is 5.72. The Morgan fingerprint density at radius 1 is 1.42 bits per heavy atom. The highest BCUT2D eigenvalue weighted by atomic mass is 19.4. The van der Waals surface area contributed by atoms with Crippen LogP contribution in [0, 0.1) is 0 Å². The highest BCUT2D eigenvalue weighted by Gasteiger charge is 2.32. The SMILES string of the molecule is CCC(N)CC(=O)Nc1ccccc1OC(F)(F)F. The van der Waals surface area contributed by atoms with Crippen LogP contribution in [0.3, 0.4) is 0 Å². The molecule has 0 aromatic heterocycles. The molecule has 7 heteroatoms. The minimum Gasteiger partial charge on any atom is -0.404 e. The molecule has 0 heterocycles. The Morgan fingerprint density at radius 3 is 2.63 bits per heavy atom. The van der Waals surface area contributed by atoms with Crippen LogP contribution in [0.5, 0.6) is 5.75 Å². The van der Waals surface area contributed by atoms with E-state index in [-0.39, 0.29) is 18.2 Å². The molecule has 1 unspecified atom stereocenters. The van der Waals surface area contributed by atoms with Crippen LogP contribution in [0.15, 0.2) is 24.3 Å². The number of alkyl halides is 3. The van der Waals surface area contributed by atoms with Gasteiger partial charge in [-0.1, -0.05) is 19.1 Å². The van der Waals surface area contributed by atoms with Crippen LogP contribution in [-0.4, -0.2) is 18.3 Å². The number of ether oxygens (including phenoxy) is 1. The molecule has 1 aromatic carbocycles. The summed E-state index contributed by atoms with van der Waals surface area (Å²) >= 11 is 0. The van der Waals surface area contributed by atoms with Crippen LogP contribution < -0.4 is 15.8 Å². The third-order valence-corrected chi connectivity index (χ3v) is 2.36. The van der Waals surface area contributed by atoms with Gasteiger partial charge >= 0.3 is 6.36 Å². The van der Waals surface area contributed by atoms with E-state index >= 15 is 0 Å². The van der Waals surface area contributed by atoms with E-state index in [0.29, 0.717) is 6.42 Å². The quantitative estimate of drug-likeness (QED) is 0.869. The van der Waals surface area contributed by atoms with E-state index in [9.17, 15) is 18.0 Å². The lowest BCUT2D eigenvalue weighted by Crippen LogP contribution is -2.26. The Bertz CT molecular complexity index is 435. The average molecular weight is 276 g/mol.